The summed E-state index contributed by atoms with van der Waals surface area (Å²) < 4.78 is 0. The normalized spacial score (nSPS) is 12.2. The van der Waals surface area contributed by atoms with E-state index in [2.05, 4.69) is 0 Å². The topological polar surface area (TPSA) is 57.6 Å². The fourth-order valence-corrected chi connectivity index (χ4v) is 2.34. The van der Waals surface area contributed by atoms with Gasteiger partial charge >= 0.3 is 0 Å². The van der Waals surface area contributed by atoms with E-state index in [1.54, 1.807) is 19.1 Å². The molecule has 0 heterocycles. The monoisotopic (exact) mass is 291 g/mol. The summed E-state index contributed by atoms with van der Waals surface area (Å²) in [5.74, 6) is 0.0346. The second-order valence-corrected chi connectivity index (χ2v) is 5.85. The minimum atomic E-state index is -0.273. The van der Waals surface area contributed by atoms with E-state index in [1.807, 2.05) is 30.9 Å². The standard InChI is InChI=1S/C17H25NO3/c1-12(2)18(17(21)13(3)11-14(4)19)10-9-15-5-7-16(20)8-6-15/h5-8,12-13,20H,9-11H2,1-4H3/t13-/m1/s1. The number of rotatable bonds is 7. The lowest BCUT2D eigenvalue weighted by Crippen LogP contribution is -2.41. The molecule has 1 N–H and O–H groups in total. The van der Waals surface area contributed by atoms with Gasteiger partial charge in [0.2, 0.25) is 5.91 Å². The third-order valence-corrected chi connectivity index (χ3v) is 3.50. The molecule has 0 spiro atoms. The molecule has 0 bridgehead atoms. The molecular formula is C17H25NO3. The van der Waals surface area contributed by atoms with E-state index in [4.69, 9.17) is 0 Å². The van der Waals surface area contributed by atoms with Gasteiger partial charge in [-0.15, -0.1) is 0 Å². The van der Waals surface area contributed by atoms with Gasteiger partial charge in [0.15, 0.2) is 0 Å². The first kappa shape index (κ1) is 17.2. The summed E-state index contributed by atoms with van der Waals surface area (Å²) in [6, 6.07) is 7.11. The molecule has 1 amide bonds. The Balaban J connectivity index is 2.67. The van der Waals surface area contributed by atoms with Gasteiger partial charge in [0.05, 0.1) is 0 Å². The highest BCUT2D eigenvalue weighted by atomic mass is 16.3. The highest BCUT2D eigenvalue weighted by Gasteiger charge is 2.23. The number of ketones is 1. The predicted octanol–water partition coefficient (Wildman–Crippen LogP) is 2.79. The van der Waals surface area contributed by atoms with E-state index in [-0.39, 0.29) is 29.4 Å². The highest BCUT2D eigenvalue weighted by Crippen LogP contribution is 2.14. The second-order valence-electron chi connectivity index (χ2n) is 5.85. The van der Waals surface area contributed by atoms with Crippen LogP contribution in [0, 0.1) is 5.92 Å². The van der Waals surface area contributed by atoms with Crippen molar-refractivity contribution in [2.24, 2.45) is 5.92 Å². The van der Waals surface area contributed by atoms with E-state index in [9.17, 15) is 14.7 Å². The van der Waals surface area contributed by atoms with Crippen LogP contribution in [0.3, 0.4) is 0 Å². The third-order valence-electron chi connectivity index (χ3n) is 3.50. The van der Waals surface area contributed by atoms with Crippen LogP contribution in [-0.2, 0) is 16.0 Å². The Bertz CT molecular complexity index is 479. The molecule has 1 rings (SSSR count). The summed E-state index contributed by atoms with van der Waals surface area (Å²) in [6.45, 7) is 7.90. The Kier molecular flexibility index (Phi) is 6.40. The molecule has 4 heteroatoms. The Labute approximate surface area is 126 Å². The van der Waals surface area contributed by atoms with Gasteiger partial charge in [0.1, 0.15) is 11.5 Å². The van der Waals surface area contributed by atoms with Crippen LogP contribution in [0.2, 0.25) is 0 Å². The minimum absolute atomic E-state index is 0.0268. The minimum Gasteiger partial charge on any atom is -0.508 e. The van der Waals surface area contributed by atoms with Crippen molar-refractivity contribution in [3.8, 4) is 5.75 Å². The van der Waals surface area contributed by atoms with Crippen LogP contribution in [-0.4, -0.2) is 34.3 Å². The largest absolute Gasteiger partial charge is 0.508 e. The first-order valence-electron chi connectivity index (χ1n) is 7.39. The van der Waals surface area contributed by atoms with Gasteiger partial charge in [0, 0.05) is 24.9 Å². The lowest BCUT2D eigenvalue weighted by Gasteiger charge is -2.29. The van der Waals surface area contributed by atoms with Crippen molar-refractivity contribution in [3.05, 3.63) is 29.8 Å². The molecule has 1 aromatic carbocycles. The fraction of sp³-hybridized carbons (Fsp3) is 0.529. The van der Waals surface area contributed by atoms with Gasteiger partial charge in [0.25, 0.3) is 0 Å². The molecule has 116 valence electrons. The Hall–Kier alpha value is -1.84. The first-order valence-corrected chi connectivity index (χ1v) is 7.39. The molecule has 0 aromatic heterocycles. The average molecular weight is 291 g/mol. The smallest absolute Gasteiger partial charge is 0.226 e. The molecule has 4 nitrogen and oxygen atoms in total. The number of hydrogen-bond acceptors (Lipinski definition) is 3. The summed E-state index contributed by atoms with van der Waals surface area (Å²) >= 11 is 0. The van der Waals surface area contributed by atoms with Crippen LogP contribution in [0.5, 0.6) is 5.75 Å². The molecule has 0 unspecified atom stereocenters. The molecule has 1 atom stereocenters. The first-order chi connectivity index (χ1) is 9.81. The summed E-state index contributed by atoms with van der Waals surface area (Å²) in [5.41, 5.74) is 1.07. The van der Waals surface area contributed by atoms with E-state index >= 15 is 0 Å². The van der Waals surface area contributed by atoms with E-state index in [1.165, 1.54) is 6.92 Å². The van der Waals surface area contributed by atoms with E-state index in [0.29, 0.717) is 13.0 Å². The van der Waals surface area contributed by atoms with Crippen LogP contribution in [0.15, 0.2) is 24.3 Å². The zero-order valence-corrected chi connectivity index (χ0v) is 13.3. The van der Waals surface area contributed by atoms with Crippen LogP contribution in [0.1, 0.15) is 39.7 Å². The summed E-state index contributed by atoms with van der Waals surface area (Å²) in [4.78, 5) is 25.4. The predicted molar refractivity (Wildman–Crippen MR) is 83.1 cm³/mol. The number of phenolic OH excluding ortho intramolecular Hbond substituents is 1. The molecule has 21 heavy (non-hydrogen) atoms. The van der Waals surface area contributed by atoms with Crippen molar-refractivity contribution in [1.82, 2.24) is 4.90 Å². The van der Waals surface area contributed by atoms with Crippen LogP contribution >= 0.6 is 0 Å². The number of phenols is 1. The molecule has 0 saturated carbocycles. The molecule has 0 aliphatic rings. The van der Waals surface area contributed by atoms with Crippen molar-refractivity contribution in [2.45, 2.75) is 46.6 Å². The van der Waals surface area contributed by atoms with Gasteiger partial charge in [-0.25, -0.2) is 0 Å². The summed E-state index contributed by atoms with van der Waals surface area (Å²) in [6.07, 6.45) is 1.03. The van der Waals surface area contributed by atoms with Gasteiger partial charge in [-0.1, -0.05) is 19.1 Å². The molecule has 0 radical (unpaired) electrons. The molecular weight excluding hydrogens is 266 g/mol. The van der Waals surface area contributed by atoms with Crippen molar-refractivity contribution >= 4 is 11.7 Å². The quantitative estimate of drug-likeness (QED) is 0.840. The van der Waals surface area contributed by atoms with Crippen molar-refractivity contribution in [3.63, 3.8) is 0 Å². The Morgan fingerprint density at radius 2 is 1.71 bits per heavy atom. The fourth-order valence-electron chi connectivity index (χ4n) is 2.34. The lowest BCUT2D eigenvalue weighted by molar-refractivity contribution is -0.138. The number of benzene rings is 1. The zero-order chi connectivity index (χ0) is 16.0. The van der Waals surface area contributed by atoms with Crippen LogP contribution < -0.4 is 0 Å². The van der Waals surface area contributed by atoms with Gasteiger partial charge in [-0.2, -0.15) is 0 Å². The number of Topliss-reactive ketones (excluding diaryl/α,β-unsaturated/α-hetero) is 1. The number of amides is 1. The summed E-state index contributed by atoms with van der Waals surface area (Å²) in [7, 11) is 0. The van der Waals surface area contributed by atoms with Crippen LogP contribution in [0.25, 0.3) is 0 Å². The maximum atomic E-state index is 12.4. The number of nitrogens with zero attached hydrogens (tertiary/aromatic N) is 1. The van der Waals surface area contributed by atoms with Crippen molar-refractivity contribution < 1.29 is 14.7 Å². The van der Waals surface area contributed by atoms with Crippen LogP contribution in [0.4, 0.5) is 0 Å². The van der Waals surface area contributed by atoms with Gasteiger partial charge < -0.3 is 14.8 Å². The maximum absolute atomic E-state index is 12.4. The number of hydrogen-bond donors (Lipinski definition) is 1. The van der Waals surface area contributed by atoms with E-state index in [0.717, 1.165) is 12.0 Å². The number of carbonyl (C=O) groups excluding carboxylic acids is 2. The maximum Gasteiger partial charge on any atom is 0.226 e. The molecule has 0 fully saturated rings. The summed E-state index contributed by atoms with van der Waals surface area (Å²) in [5, 5.41) is 9.27. The molecule has 0 aliphatic carbocycles. The zero-order valence-electron chi connectivity index (χ0n) is 13.3. The van der Waals surface area contributed by atoms with Gasteiger partial charge in [-0.05, 0) is 44.9 Å². The van der Waals surface area contributed by atoms with Crippen molar-refractivity contribution in [2.75, 3.05) is 6.54 Å². The van der Waals surface area contributed by atoms with Crippen molar-refractivity contribution in [1.29, 1.82) is 0 Å². The number of aromatic hydroxyl groups is 1. The Morgan fingerprint density at radius 3 is 2.19 bits per heavy atom. The molecule has 1 aromatic rings. The molecule has 0 saturated heterocycles. The van der Waals surface area contributed by atoms with Gasteiger partial charge in [-0.3, -0.25) is 4.79 Å². The second kappa shape index (κ2) is 7.81. The highest BCUT2D eigenvalue weighted by molar-refractivity contribution is 5.85. The average Bonchev–Trinajstić information content (AvgIpc) is 2.39. The van der Waals surface area contributed by atoms with E-state index < -0.39 is 0 Å². The Morgan fingerprint density at radius 1 is 1.14 bits per heavy atom. The number of carbonyl (C=O) groups is 2. The lowest BCUT2D eigenvalue weighted by atomic mass is 10.0. The molecule has 0 aliphatic heterocycles. The third kappa shape index (κ3) is 5.58. The SMILES string of the molecule is CC(=O)C[C@@H](C)C(=O)N(CCc1ccc(O)cc1)C(C)C.